The van der Waals surface area contributed by atoms with Crippen LogP contribution in [0.1, 0.15) is 98.2 Å². The molecule has 7 heteroatoms. The van der Waals surface area contributed by atoms with Crippen LogP contribution < -0.4 is 5.32 Å². The van der Waals surface area contributed by atoms with Crippen LogP contribution in [0.4, 0.5) is 10.5 Å². The van der Waals surface area contributed by atoms with E-state index in [4.69, 9.17) is 0 Å². The number of hydrogen-bond acceptors (Lipinski definition) is 4. The summed E-state index contributed by atoms with van der Waals surface area (Å²) < 4.78 is 1.26. The Hall–Kier alpha value is -3.22. The van der Waals surface area contributed by atoms with Gasteiger partial charge in [-0.25, -0.2) is 4.79 Å². The van der Waals surface area contributed by atoms with E-state index in [1.807, 2.05) is 18.2 Å². The number of carbonyl (C=O) groups is 3. The minimum absolute atomic E-state index is 0.130. The molecular weight excluding hydrogens is 562 g/mol. The van der Waals surface area contributed by atoms with Gasteiger partial charge in [-0.1, -0.05) is 65.3 Å². The molecule has 0 spiro atoms. The Bertz CT molecular complexity index is 1630. The van der Waals surface area contributed by atoms with E-state index in [2.05, 4.69) is 58.0 Å². The van der Waals surface area contributed by atoms with Gasteiger partial charge in [-0.05, 0) is 121 Å². The highest BCUT2D eigenvalue weighted by molar-refractivity contribution is 5.97. The Morgan fingerprint density at radius 3 is 2.38 bits per heavy atom. The van der Waals surface area contributed by atoms with Crippen LogP contribution in [-0.2, 0) is 21.4 Å². The number of fused-ring (bicyclic) bond motifs is 8. The average molecular weight is 612 g/mol. The monoisotopic (exact) mass is 611 g/mol. The zero-order valence-electron chi connectivity index (χ0n) is 27.9. The molecule has 45 heavy (non-hydrogen) atoms. The quantitative estimate of drug-likeness (QED) is 0.360. The SMILES string of the molecule is C[C@H]1[C@H](C)CC[C@]2(C)CC[C@]3(C)C(=CC(=O)[C@@H]4[C@@]5(C)Cc6cnn(C(=O)Nc7ccccc7)c6[C@](C)(C(=O)O)[C@@H]5CC[C@]43C)[C@H]12. The van der Waals surface area contributed by atoms with E-state index >= 15 is 0 Å². The number of aliphatic carboxylic acids is 1. The van der Waals surface area contributed by atoms with Crippen molar-refractivity contribution in [3.05, 3.63) is 59.4 Å². The molecule has 3 fully saturated rings. The zero-order chi connectivity index (χ0) is 32.3. The van der Waals surface area contributed by atoms with Gasteiger partial charge in [-0.3, -0.25) is 9.59 Å². The molecule has 0 aliphatic heterocycles. The number of ketones is 1. The summed E-state index contributed by atoms with van der Waals surface area (Å²) in [6.07, 6.45) is 10.4. The zero-order valence-corrected chi connectivity index (χ0v) is 27.9. The Balaban J connectivity index is 1.34. The Morgan fingerprint density at radius 2 is 1.69 bits per heavy atom. The van der Waals surface area contributed by atoms with Crippen LogP contribution >= 0.6 is 0 Å². The van der Waals surface area contributed by atoms with Crippen molar-refractivity contribution in [2.75, 3.05) is 5.32 Å². The van der Waals surface area contributed by atoms with Crippen LogP contribution in [0.5, 0.6) is 0 Å². The molecule has 0 bridgehead atoms. The number of anilines is 1. The number of carbonyl (C=O) groups excluding carboxylic acids is 2. The van der Waals surface area contributed by atoms with Gasteiger partial charge in [-0.15, -0.1) is 0 Å². The van der Waals surface area contributed by atoms with E-state index < -0.39 is 22.8 Å². The summed E-state index contributed by atoms with van der Waals surface area (Å²) in [5, 5.41) is 18.4. The molecule has 5 aliphatic carbocycles. The van der Waals surface area contributed by atoms with Crippen LogP contribution in [0.2, 0.25) is 0 Å². The van der Waals surface area contributed by atoms with Gasteiger partial charge in [0.1, 0.15) is 5.41 Å². The van der Waals surface area contributed by atoms with Gasteiger partial charge in [0.2, 0.25) is 0 Å². The number of rotatable bonds is 2. The third kappa shape index (κ3) is 3.82. The van der Waals surface area contributed by atoms with Gasteiger partial charge in [0.05, 0.1) is 11.9 Å². The fourth-order valence-corrected chi connectivity index (χ4v) is 12.0. The molecule has 240 valence electrons. The van der Waals surface area contributed by atoms with Crippen molar-refractivity contribution in [3.8, 4) is 0 Å². The predicted octanol–water partition coefficient (Wildman–Crippen LogP) is 7.90. The summed E-state index contributed by atoms with van der Waals surface area (Å²) in [6, 6.07) is 8.66. The van der Waals surface area contributed by atoms with Crippen molar-refractivity contribution in [1.29, 1.82) is 0 Å². The normalized spacial score (nSPS) is 43.5. The predicted molar refractivity (Wildman–Crippen MR) is 174 cm³/mol. The number of carboxylic acids is 1. The molecule has 2 aromatic rings. The molecule has 2 N–H and O–H groups in total. The molecule has 1 aromatic carbocycles. The second-order valence-corrected chi connectivity index (χ2v) is 16.7. The van der Waals surface area contributed by atoms with Gasteiger partial charge < -0.3 is 10.4 Å². The fourth-order valence-electron chi connectivity index (χ4n) is 12.0. The van der Waals surface area contributed by atoms with Gasteiger partial charge in [-0.2, -0.15) is 9.78 Å². The van der Waals surface area contributed by atoms with Crippen molar-refractivity contribution in [1.82, 2.24) is 9.78 Å². The maximum Gasteiger partial charge on any atom is 0.346 e. The van der Waals surface area contributed by atoms with Gasteiger partial charge >= 0.3 is 12.0 Å². The van der Waals surface area contributed by atoms with E-state index in [9.17, 15) is 19.5 Å². The highest BCUT2D eigenvalue weighted by atomic mass is 16.4. The highest BCUT2D eigenvalue weighted by Crippen LogP contribution is 2.74. The summed E-state index contributed by atoms with van der Waals surface area (Å²) in [5.41, 5.74) is 0.994. The van der Waals surface area contributed by atoms with E-state index in [1.165, 1.54) is 29.5 Å². The van der Waals surface area contributed by atoms with Crippen molar-refractivity contribution in [2.45, 2.75) is 98.8 Å². The smallest absolute Gasteiger partial charge is 0.346 e. The van der Waals surface area contributed by atoms with Gasteiger partial charge in [0, 0.05) is 11.6 Å². The van der Waals surface area contributed by atoms with Crippen LogP contribution in [0.25, 0.3) is 0 Å². The van der Waals surface area contributed by atoms with Crippen LogP contribution in [0.15, 0.2) is 48.2 Å². The molecule has 0 unspecified atom stereocenters. The van der Waals surface area contributed by atoms with E-state index in [0.717, 1.165) is 18.4 Å². The molecule has 1 heterocycles. The lowest BCUT2D eigenvalue weighted by Crippen LogP contribution is -2.67. The van der Waals surface area contributed by atoms with E-state index in [1.54, 1.807) is 25.3 Å². The molecule has 3 saturated carbocycles. The minimum Gasteiger partial charge on any atom is -0.481 e. The molecule has 7 rings (SSSR count). The fraction of sp³-hybridized carbons (Fsp3) is 0.632. The average Bonchev–Trinajstić information content (AvgIpc) is 3.41. The van der Waals surface area contributed by atoms with Gasteiger partial charge in [0.25, 0.3) is 0 Å². The lowest BCUT2D eigenvalue weighted by Gasteiger charge is -2.70. The number of hydrogen-bond donors (Lipinski definition) is 2. The summed E-state index contributed by atoms with van der Waals surface area (Å²) >= 11 is 0. The van der Waals surface area contributed by atoms with Crippen molar-refractivity contribution in [3.63, 3.8) is 0 Å². The maximum absolute atomic E-state index is 14.8. The van der Waals surface area contributed by atoms with Crippen LogP contribution in [-0.4, -0.2) is 32.7 Å². The lowest BCUT2D eigenvalue weighted by atomic mass is 9.33. The van der Waals surface area contributed by atoms with Gasteiger partial charge in [0.15, 0.2) is 5.78 Å². The third-order valence-corrected chi connectivity index (χ3v) is 14.7. The molecule has 0 radical (unpaired) electrons. The van der Waals surface area contributed by atoms with E-state index in [0.29, 0.717) is 42.0 Å². The summed E-state index contributed by atoms with van der Waals surface area (Å²) in [6.45, 7) is 16.0. The lowest BCUT2D eigenvalue weighted by molar-refractivity contribution is -0.181. The number of allylic oxidation sites excluding steroid dienone is 2. The second-order valence-electron chi connectivity index (χ2n) is 16.7. The van der Waals surface area contributed by atoms with Crippen molar-refractivity contribution >= 4 is 23.5 Å². The molecule has 5 aliphatic rings. The molecule has 0 saturated heterocycles. The largest absolute Gasteiger partial charge is 0.481 e. The van der Waals surface area contributed by atoms with E-state index in [-0.39, 0.29) is 33.9 Å². The first-order valence-corrected chi connectivity index (χ1v) is 17.0. The first kappa shape index (κ1) is 30.4. The highest BCUT2D eigenvalue weighted by Gasteiger charge is 2.72. The number of amides is 1. The number of carboxylic acid groups (broad SMARTS) is 1. The minimum atomic E-state index is -1.39. The second kappa shape index (κ2) is 9.65. The Kier molecular flexibility index (Phi) is 6.53. The topological polar surface area (TPSA) is 101 Å². The summed E-state index contributed by atoms with van der Waals surface area (Å²) in [5.74, 6) is 0.109. The first-order valence-electron chi connectivity index (χ1n) is 17.0. The first-order chi connectivity index (χ1) is 21.1. The van der Waals surface area contributed by atoms with Crippen molar-refractivity contribution < 1.29 is 19.5 Å². The molecule has 7 nitrogen and oxygen atoms in total. The molecular formula is C38H49N3O4. The van der Waals surface area contributed by atoms with Crippen LogP contribution in [0, 0.1) is 51.2 Å². The molecule has 10 atom stereocenters. The maximum atomic E-state index is 14.8. The standard InChI is InChI=1S/C38H49N3O4/c1-22-13-15-34(3)17-18-36(5)26(29(34)23(22)2)19-27(42)30-35(4)20-24-21-39-41(33(45)40-25-11-9-8-10-12-25)31(24)38(7,32(43)44)28(35)14-16-37(30,36)6/h8-12,19,21-23,28-30H,13-18,20H2,1-7H3,(H,40,45)(H,43,44)/t22-,23+,28-,29+,30-,34-,35+,36-,37-,38-/m1/s1. The summed E-state index contributed by atoms with van der Waals surface area (Å²) in [4.78, 5) is 41.8. The third-order valence-electron chi connectivity index (χ3n) is 14.7. The van der Waals surface area contributed by atoms with Crippen LogP contribution in [0.3, 0.4) is 0 Å². The Labute approximate surface area is 267 Å². The summed E-state index contributed by atoms with van der Waals surface area (Å²) in [7, 11) is 0. The number of nitrogens with one attached hydrogen (secondary N) is 1. The number of para-hydroxylation sites is 1. The molecule has 1 amide bonds. The number of aromatic nitrogens is 2. The molecule has 1 aromatic heterocycles. The Morgan fingerprint density at radius 1 is 0.978 bits per heavy atom. The van der Waals surface area contributed by atoms with Crippen molar-refractivity contribution in [2.24, 2.45) is 51.2 Å². The number of nitrogens with zero attached hydrogens (tertiary/aromatic N) is 2. The number of benzene rings is 1.